The van der Waals surface area contributed by atoms with E-state index in [0.717, 1.165) is 6.42 Å². The van der Waals surface area contributed by atoms with Crippen molar-refractivity contribution in [3.8, 4) is 0 Å². The molecule has 0 spiro atoms. The molecule has 1 saturated heterocycles. The number of hydrogen-bond acceptors (Lipinski definition) is 3. The monoisotopic (exact) mass is 262 g/mol. The minimum Gasteiger partial charge on any atom is -0.381 e. The first-order valence-electron chi connectivity index (χ1n) is 6.81. The fourth-order valence-electron chi connectivity index (χ4n) is 2.21. The Bertz CT molecular complexity index is 422. The van der Waals surface area contributed by atoms with Gasteiger partial charge in [0.15, 0.2) is 0 Å². The summed E-state index contributed by atoms with van der Waals surface area (Å²) in [6, 6.07) is 8.35. The van der Waals surface area contributed by atoms with Crippen LogP contribution in [0.1, 0.15) is 24.0 Å². The Morgan fingerprint density at radius 2 is 1.95 bits per heavy atom. The molecule has 4 nitrogen and oxygen atoms in total. The predicted octanol–water partition coefficient (Wildman–Crippen LogP) is 1.16. The van der Waals surface area contributed by atoms with Crippen molar-refractivity contribution in [3.63, 3.8) is 0 Å². The zero-order chi connectivity index (χ0) is 13.7. The van der Waals surface area contributed by atoms with Crippen molar-refractivity contribution >= 4 is 5.91 Å². The summed E-state index contributed by atoms with van der Waals surface area (Å²) in [5.74, 6) is -0.0529. The summed E-state index contributed by atoms with van der Waals surface area (Å²) < 4.78 is 5.24. The van der Waals surface area contributed by atoms with Crippen molar-refractivity contribution in [1.29, 1.82) is 0 Å². The molecule has 1 aliphatic rings. The second kappa shape index (κ2) is 6.17. The van der Waals surface area contributed by atoms with Gasteiger partial charge < -0.3 is 15.8 Å². The number of hydrogen-bond donors (Lipinski definition) is 2. The molecule has 0 aliphatic carbocycles. The van der Waals surface area contributed by atoms with E-state index in [4.69, 9.17) is 10.5 Å². The molecule has 1 aromatic rings. The van der Waals surface area contributed by atoms with Gasteiger partial charge in [0.1, 0.15) is 0 Å². The zero-order valence-electron chi connectivity index (χ0n) is 11.4. The van der Waals surface area contributed by atoms with Crippen LogP contribution in [0.4, 0.5) is 0 Å². The molecule has 0 aromatic heterocycles. The van der Waals surface area contributed by atoms with Crippen molar-refractivity contribution in [1.82, 2.24) is 5.32 Å². The summed E-state index contributed by atoms with van der Waals surface area (Å²) in [4.78, 5) is 12.1. The summed E-state index contributed by atoms with van der Waals surface area (Å²) in [5, 5.41) is 2.94. The van der Waals surface area contributed by atoms with Gasteiger partial charge in [-0.15, -0.1) is 0 Å². The number of carbonyl (C=O) groups excluding carboxylic acids is 1. The van der Waals surface area contributed by atoms with Gasteiger partial charge in [0, 0.05) is 19.8 Å². The minimum atomic E-state index is -0.745. The van der Waals surface area contributed by atoms with Gasteiger partial charge in [0.2, 0.25) is 5.91 Å². The molecule has 1 amide bonds. The lowest BCUT2D eigenvalue weighted by molar-refractivity contribution is -0.129. The fraction of sp³-hybridized carbons (Fsp3) is 0.533. The first-order valence-corrected chi connectivity index (χ1v) is 6.81. The van der Waals surface area contributed by atoms with E-state index in [1.807, 2.05) is 0 Å². The van der Waals surface area contributed by atoms with Gasteiger partial charge in [-0.3, -0.25) is 4.79 Å². The normalized spacial score (nSPS) is 18.0. The molecule has 0 unspecified atom stereocenters. The van der Waals surface area contributed by atoms with Gasteiger partial charge in [-0.25, -0.2) is 0 Å². The lowest BCUT2D eigenvalue weighted by atomic mass is 9.90. The number of ether oxygens (including phenoxy) is 1. The van der Waals surface area contributed by atoms with E-state index in [9.17, 15) is 4.79 Å². The molecule has 104 valence electrons. The third kappa shape index (κ3) is 3.78. The quantitative estimate of drug-likeness (QED) is 0.856. The van der Waals surface area contributed by atoms with Crippen molar-refractivity contribution in [2.24, 2.45) is 5.73 Å². The highest BCUT2D eigenvalue weighted by molar-refractivity contribution is 5.86. The van der Waals surface area contributed by atoms with Gasteiger partial charge in [-0.05, 0) is 31.7 Å². The average molecular weight is 262 g/mol. The van der Waals surface area contributed by atoms with Crippen molar-refractivity contribution in [2.45, 2.75) is 31.7 Å². The summed E-state index contributed by atoms with van der Waals surface area (Å²) in [7, 11) is 0. The lowest BCUT2D eigenvalue weighted by Crippen LogP contribution is -2.57. The van der Waals surface area contributed by atoms with Crippen LogP contribution < -0.4 is 11.1 Å². The maximum Gasteiger partial charge on any atom is 0.240 e. The van der Waals surface area contributed by atoms with Gasteiger partial charge >= 0.3 is 0 Å². The highest BCUT2D eigenvalue weighted by Crippen LogP contribution is 2.17. The Kier molecular flexibility index (Phi) is 4.56. The molecule has 0 saturated carbocycles. The van der Waals surface area contributed by atoms with Crippen LogP contribution in [0.15, 0.2) is 24.3 Å². The van der Waals surface area contributed by atoms with Gasteiger partial charge in [0.05, 0.1) is 5.54 Å². The number of benzene rings is 1. The number of nitrogens with one attached hydrogen (secondary N) is 1. The Morgan fingerprint density at radius 1 is 1.32 bits per heavy atom. The number of amides is 1. The lowest BCUT2D eigenvalue weighted by Gasteiger charge is -2.31. The van der Waals surface area contributed by atoms with E-state index >= 15 is 0 Å². The molecular formula is C15H22N2O2. The molecule has 2 rings (SSSR count). The fourth-order valence-corrected chi connectivity index (χ4v) is 2.21. The molecule has 1 aliphatic heterocycles. The summed E-state index contributed by atoms with van der Waals surface area (Å²) >= 11 is 0. The smallest absolute Gasteiger partial charge is 0.240 e. The van der Waals surface area contributed by atoms with E-state index in [0.29, 0.717) is 32.6 Å². The van der Waals surface area contributed by atoms with E-state index < -0.39 is 5.54 Å². The zero-order valence-corrected chi connectivity index (χ0v) is 11.4. The van der Waals surface area contributed by atoms with Gasteiger partial charge in [-0.1, -0.05) is 29.8 Å². The van der Waals surface area contributed by atoms with Crippen molar-refractivity contribution in [3.05, 3.63) is 35.4 Å². The van der Waals surface area contributed by atoms with Crippen LogP contribution in [-0.2, 0) is 16.0 Å². The minimum absolute atomic E-state index is 0.0529. The first-order chi connectivity index (χ1) is 9.10. The maximum absolute atomic E-state index is 12.1. The maximum atomic E-state index is 12.1. The number of nitrogens with two attached hydrogens (primary N) is 1. The first kappa shape index (κ1) is 14.0. The predicted molar refractivity (Wildman–Crippen MR) is 74.9 cm³/mol. The second-order valence-electron chi connectivity index (χ2n) is 5.26. The number of aryl methyl sites for hydroxylation is 1. The molecule has 0 bridgehead atoms. The van der Waals surface area contributed by atoms with Crippen LogP contribution in [0.3, 0.4) is 0 Å². The largest absolute Gasteiger partial charge is 0.381 e. The number of rotatable bonds is 4. The van der Waals surface area contributed by atoms with E-state index in [2.05, 4.69) is 36.5 Å². The van der Waals surface area contributed by atoms with E-state index in [1.165, 1.54) is 11.1 Å². The molecule has 1 aromatic carbocycles. The molecule has 19 heavy (non-hydrogen) atoms. The van der Waals surface area contributed by atoms with Crippen molar-refractivity contribution in [2.75, 3.05) is 19.8 Å². The van der Waals surface area contributed by atoms with Crippen LogP contribution >= 0.6 is 0 Å². The van der Waals surface area contributed by atoms with E-state index in [1.54, 1.807) is 0 Å². The highest BCUT2D eigenvalue weighted by atomic mass is 16.5. The van der Waals surface area contributed by atoms with Crippen LogP contribution in [0.5, 0.6) is 0 Å². The highest BCUT2D eigenvalue weighted by Gasteiger charge is 2.35. The molecule has 3 N–H and O–H groups in total. The van der Waals surface area contributed by atoms with Crippen LogP contribution in [0.2, 0.25) is 0 Å². The SMILES string of the molecule is Cc1ccc(CCNC(=O)C2(N)CCOCC2)cc1. The summed E-state index contributed by atoms with van der Waals surface area (Å²) in [6.45, 7) is 3.83. The molecular weight excluding hydrogens is 240 g/mol. The molecule has 1 fully saturated rings. The third-order valence-corrected chi connectivity index (χ3v) is 3.66. The van der Waals surface area contributed by atoms with Crippen LogP contribution in [0.25, 0.3) is 0 Å². The van der Waals surface area contributed by atoms with Crippen molar-refractivity contribution < 1.29 is 9.53 Å². The van der Waals surface area contributed by atoms with Gasteiger partial charge in [0.25, 0.3) is 0 Å². The van der Waals surface area contributed by atoms with Crippen LogP contribution in [-0.4, -0.2) is 31.2 Å². The average Bonchev–Trinajstić information content (AvgIpc) is 2.42. The Morgan fingerprint density at radius 3 is 2.58 bits per heavy atom. The molecule has 0 atom stereocenters. The molecule has 0 radical (unpaired) electrons. The second-order valence-corrected chi connectivity index (χ2v) is 5.26. The van der Waals surface area contributed by atoms with Gasteiger partial charge in [-0.2, -0.15) is 0 Å². The standard InChI is InChI=1S/C15H22N2O2/c1-12-2-4-13(5-3-12)6-9-17-14(18)15(16)7-10-19-11-8-15/h2-5H,6-11,16H2,1H3,(H,17,18). The molecule has 4 heteroatoms. The Hall–Kier alpha value is -1.39. The summed E-state index contributed by atoms with van der Waals surface area (Å²) in [5.41, 5.74) is 7.84. The Labute approximate surface area is 114 Å². The molecule has 1 heterocycles. The number of carbonyl (C=O) groups is 1. The Balaban J connectivity index is 1.78. The van der Waals surface area contributed by atoms with E-state index in [-0.39, 0.29) is 5.91 Å². The topological polar surface area (TPSA) is 64.4 Å². The third-order valence-electron chi connectivity index (χ3n) is 3.66. The van der Waals surface area contributed by atoms with Crippen LogP contribution in [0, 0.1) is 6.92 Å². The summed E-state index contributed by atoms with van der Waals surface area (Å²) in [6.07, 6.45) is 2.03.